The molecule has 0 saturated carbocycles. The maximum absolute atomic E-state index is 13.0. The van der Waals surface area contributed by atoms with Crippen molar-refractivity contribution < 1.29 is 14.3 Å². The van der Waals surface area contributed by atoms with Gasteiger partial charge in [0.1, 0.15) is 5.75 Å². The Bertz CT molecular complexity index is 1070. The van der Waals surface area contributed by atoms with Crippen LogP contribution in [0, 0.1) is 12.3 Å². The van der Waals surface area contributed by atoms with Gasteiger partial charge in [-0.25, -0.2) is 0 Å². The molecular formula is C38H62Cl2N2O3. The first kappa shape index (κ1) is 41.2. The summed E-state index contributed by atoms with van der Waals surface area (Å²) >= 11 is 0. The van der Waals surface area contributed by atoms with Gasteiger partial charge in [0.05, 0.1) is 25.3 Å². The molecule has 0 spiro atoms. The molecule has 5 nitrogen and oxygen atoms in total. The first-order valence-electron chi connectivity index (χ1n) is 17.3. The number of nitrogens with zero attached hydrogens (tertiary/aromatic N) is 1. The molecule has 1 fully saturated rings. The SMILES string of the molecule is CCCCCCCCCCCCCCOc1ccccc1CCCN1CC[C@](Cc2ccccc2C)(C(=O)OC)C[C@@H]1N.Cl.Cl. The Morgan fingerprint density at radius 2 is 1.42 bits per heavy atom. The second-order valence-corrected chi connectivity index (χ2v) is 12.9. The second kappa shape index (κ2) is 23.5. The molecule has 0 aromatic heterocycles. The number of benzene rings is 2. The van der Waals surface area contributed by atoms with Crippen LogP contribution in [0.15, 0.2) is 48.5 Å². The van der Waals surface area contributed by atoms with Crippen LogP contribution in [0.2, 0.25) is 0 Å². The van der Waals surface area contributed by atoms with Crippen molar-refractivity contribution in [2.75, 3.05) is 26.8 Å². The molecule has 0 unspecified atom stereocenters. The second-order valence-electron chi connectivity index (χ2n) is 12.9. The van der Waals surface area contributed by atoms with E-state index in [0.29, 0.717) is 12.8 Å². The summed E-state index contributed by atoms with van der Waals surface area (Å²) in [4.78, 5) is 15.4. The Kier molecular flexibility index (Phi) is 21.5. The molecule has 0 amide bonds. The van der Waals surface area contributed by atoms with Gasteiger partial charge in [0.25, 0.3) is 0 Å². The first-order valence-corrected chi connectivity index (χ1v) is 17.3. The molecule has 7 heteroatoms. The number of piperidine rings is 1. The summed E-state index contributed by atoms with van der Waals surface area (Å²) in [5.74, 6) is 0.890. The van der Waals surface area contributed by atoms with E-state index in [-0.39, 0.29) is 36.9 Å². The van der Waals surface area contributed by atoms with E-state index in [1.54, 1.807) is 0 Å². The van der Waals surface area contributed by atoms with Crippen molar-refractivity contribution in [2.24, 2.45) is 11.1 Å². The van der Waals surface area contributed by atoms with Crippen molar-refractivity contribution in [1.29, 1.82) is 0 Å². The monoisotopic (exact) mass is 664 g/mol. The highest BCUT2D eigenvalue weighted by Crippen LogP contribution is 2.39. The van der Waals surface area contributed by atoms with Gasteiger partial charge in [0.2, 0.25) is 0 Å². The quantitative estimate of drug-likeness (QED) is 0.106. The molecule has 0 radical (unpaired) electrons. The van der Waals surface area contributed by atoms with Crippen LogP contribution in [-0.4, -0.2) is 43.8 Å². The number of carbonyl (C=O) groups is 1. The van der Waals surface area contributed by atoms with Crippen molar-refractivity contribution in [3.8, 4) is 5.75 Å². The van der Waals surface area contributed by atoms with E-state index >= 15 is 0 Å². The molecule has 0 aliphatic carbocycles. The number of nitrogens with two attached hydrogens (primary N) is 1. The van der Waals surface area contributed by atoms with Gasteiger partial charge in [0.15, 0.2) is 0 Å². The van der Waals surface area contributed by atoms with Crippen LogP contribution in [0.5, 0.6) is 5.75 Å². The zero-order valence-electron chi connectivity index (χ0n) is 28.4. The average molecular weight is 666 g/mol. The lowest BCUT2D eigenvalue weighted by Gasteiger charge is -2.44. The highest BCUT2D eigenvalue weighted by Gasteiger charge is 2.45. The van der Waals surface area contributed by atoms with E-state index in [9.17, 15) is 4.79 Å². The third kappa shape index (κ3) is 14.2. The van der Waals surface area contributed by atoms with E-state index in [2.05, 4.69) is 55.1 Å². The third-order valence-corrected chi connectivity index (χ3v) is 9.47. The Balaban J connectivity index is 0.00000506. The number of hydrogen-bond acceptors (Lipinski definition) is 5. The lowest BCUT2D eigenvalue weighted by molar-refractivity contribution is -0.157. The molecular weight excluding hydrogens is 603 g/mol. The number of halogens is 2. The Morgan fingerprint density at radius 1 is 0.844 bits per heavy atom. The normalized spacial score (nSPS) is 18.1. The molecule has 2 aromatic rings. The smallest absolute Gasteiger partial charge is 0.312 e. The number of methoxy groups -OCH3 is 1. The molecule has 1 aliphatic heterocycles. The topological polar surface area (TPSA) is 64.8 Å². The number of carbonyl (C=O) groups excluding carboxylic acids is 1. The van der Waals surface area contributed by atoms with Gasteiger partial charge in [-0.1, -0.05) is 120 Å². The molecule has 2 atom stereocenters. The van der Waals surface area contributed by atoms with Gasteiger partial charge >= 0.3 is 5.97 Å². The maximum atomic E-state index is 13.0. The minimum Gasteiger partial charge on any atom is -0.493 e. The van der Waals surface area contributed by atoms with Gasteiger partial charge in [-0.15, -0.1) is 24.8 Å². The van der Waals surface area contributed by atoms with Crippen molar-refractivity contribution in [1.82, 2.24) is 4.90 Å². The van der Waals surface area contributed by atoms with Crippen LogP contribution in [0.3, 0.4) is 0 Å². The number of esters is 1. The van der Waals surface area contributed by atoms with Crippen LogP contribution in [0.25, 0.3) is 0 Å². The van der Waals surface area contributed by atoms with E-state index in [1.807, 2.05) is 12.1 Å². The van der Waals surface area contributed by atoms with Crippen molar-refractivity contribution in [3.63, 3.8) is 0 Å². The van der Waals surface area contributed by atoms with Crippen LogP contribution in [0.4, 0.5) is 0 Å². The van der Waals surface area contributed by atoms with Gasteiger partial charge in [-0.3, -0.25) is 9.69 Å². The Morgan fingerprint density at radius 3 is 2.02 bits per heavy atom. The minimum atomic E-state index is -0.564. The number of likely N-dealkylation sites (tertiary alicyclic amines) is 1. The predicted octanol–water partition coefficient (Wildman–Crippen LogP) is 9.63. The predicted molar refractivity (Wildman–Crippen MR) is 194 cm³/mol. The zero-order valence-corrected chi connectivity index (χ0v) is 30.0. The summed E-state index contributed by atoms with van der Waals surface area (Å²) in [7, 11) is 1.50. The molecule has 2 aromatic carbocycles. The summed E-state index contributed by atoms with van der Waals surface area (Å²) in [6, 6.07) is 16.8. The van der Waals surface area contributed by atoms with Crippen LogP contribution < -0.4 is 10.5 Å². The summed E-state index contributed by atoms with van der Waals surface area (Å²) in [5, 5.41) is 0. The number of aryl methyl sites for hydroxylation is 2. The average Bonchev–Trinajstić information content (AvgIpc) is 3.02. The van der Waals surface area contributed by atoms with Crippen molar-refractivity contribution >= 4 is 30.8 Å². The maximum Gasteiger partial charge on any atom is 0.312 e. The molecule has 256 valence electrons. The van der Waals surface area contributed by atoms with Gasteiger partial charge in [-0.2, -0.15) is 0 Å². The molecule has 3 rings (SSSR count). The van der Waals surface area contributed by atoms with Crippen LogP contribution in [0.1, 0.15) is 120 Å². The third-order valence-electron chi connectivity index (χ3n) is 9.47. The number of ether oxygens (including phenoxy) is 2. The Labute approximate surface area is 287 Å². The zero-order chi connectivity index (χ0) is 30.8. The summed E-state index contributed by atoms with van der Waals surface area (Å²) < 4.78 is 11.5. The molecule has 0 bridgehead atoms. The molecule has 45 heavy (non-hydrogen) atoms. The highest BCUT2D eigenvalue weighted by molar-refractivity contribution is 5.85. The minimum absolute atomic E-state index is 0. The number of rotatable bonds is 21. The molecule has 1 heterocycles. The molecule has 1 aliphatic rings. The van der Waals surface area contributed by atoms with E-state index < -0.39 is 5.41 Å². The number of hydrogen-bond donors (Lipinski definition) is 1. The van der Waals surface area contributed by atoms with E-state index in [4.69, 9.17) is 15.2 Å². The Hall–Kier alpha value is -1.79. The summed E-state index contributed by atoms with van der Waals surface area (Å²) in [6.45, 7) is 6.90. The number of unbranched alkanes of at least 4 members (excludes halogenated alkanes) is 11. The lowest BCUT2D eigenvalue weighted by Crippen LogP contribution is -2.55. The van der Waals surface area contributed by atoms with Crippen LogP contribution in [-0.2, 0) is 22.4 Å². The van der Waals surface area contributed by atoms with Gasteiger partial charge in [-0.05, 0) is 74.8 Å². The van der Waals surface area contributed by atoms with Gasteiger partial charge in [0, 0.05) is 6.54 Å². The number of para-hydroxylation sites is 1. The summed E-state index contributed by atoms with van der Waals surface area (Å²) in [5.41, 5.74) is 9.82. The lowest BCUT2D eigenvalue weighted by atomic mass is 9.72. The van der Waals surface area contributed by atoms with E-state index in [1.165, 1.54) is 94.4 Å². The molecule has 1 saturated heterocycles. The fourth-order valence-corrected chi connectivity index (χ4v) is 6.69. The fraction of sp³-hybridized carbons (Fsp3) is 0.658. The van der Waals surface area contributed by atoms with Crippen LogP contribution >= 0.6 is 24.8 Å². The van der Waals surface area contributed by atoms with Crippen molar-refractivity contribution in [2.45, 2.75) is 129 Å². The highest BCUT2D eigenvalue weighted by atomic mass is 35.5. The fourth-order valence-electron chi connectivity index (χ4n) is 6.69. The molecule has 2 N–H and O–H groups in total. The largest absolute Gasteiger partial charge is 0.493 e. The van der Waals surface area contributed by atoms with Gasteiger partial charge < -0.3 is 15.2 Å². The van der Waals surface area contributed by atoms with Crippen molar-refractivity contribution in [3.05, 3.63) is 65.2 Å². The summed E-state index contributed by atoms with van der Waals surface area (Å²) in [6.07, 6.45) is 20.1. The standard InChI is InChI=1S/C38H60N2O3.2ClH/c1-4-5-6-7-8-9-10-11-12-13-14-19-29-43-35-25-18-17-22-33(35)24-20-27-40-28-26-38(31-36(40)39,37(41)42-3)30-34-23-16-15-21-32(34)2;;/h15-18,21-23,25,36H,4-14,19-20,24,26-31,39H2,1-3H3;2*1H/t36-,38-;;/m1../s1. The van der Waals surface area contributed by atoms with E-state index in [0.717, 1.165) is 51.1 Å². The first-order chi connectivity index (χ1) is 21.0.